The fourth-order valence-electron chi connectivity index (χ4n) is 3.14. The molecule has 116 valence electrons. The lowest BCUT2D eigenvalue weighted by atomic mass is 9.81. The van der Waals surface area contributed by atoms with E-state index in [4.69, 9.17) is 5.73 Å². The van der Waals surface area contributed by atoms with Crippen molar-refractivity contribution in [1.82, 2.24) is 0 Å². The predicted octanol–water partition coefficient (Wildman–Crippen LogP) is 4.69. The second-order valence-corrected chi connectivity index (χ2v) is 8.28. The molecular formula is C16H21I2NO2. The summed E-state index contributed by atoms with van der Waals surface area (Å²) in [5.74, 6) is -0.350. The van der Waals surface area contributed by atoms with E-state index in [9.17, 15) is 9.90 Å². The average Bonchev–Trinajstić information content (AvgIpc) is 2.45. The van der Waals surface area contributed by atoms with E-state index in [1.165, 1.54) is 32.1 Å². The lowest BCUT2D eigenvalue weighted by Gasteiger charge is -2.24. The first-order valence-electron chi connectivity index (χ1n) is 7.43. The zero-order valence-electron chi connectivity index (χ0n) is 11.9. The lowest BCUT2D eigenvalue weighted by Crippen LogP contribution is -2.21. The number of aliphatic carboxylic acids is 1. The molecule has 0 heterocycles. The van der Waals surface area contributed by atoms with Crippen molar-refractivity contribution in [2.24, 2.45) is 11.8 Å². The standard InChI is InChI=1S/C16H21I2NO2/c17-13-8-11(9-14(18)15(13)19)7-12(16(20)21)6-10-4-2-1-3-5-10/h8-10,12H,1-7,19H2,(H,20,21). The van der Waals surface area contributed by atoms with Crippen LogP contribution < -0.4 is 5.73 Å². The number of benzene rings is 1. The molecule has 1 atom stereocenters. The van der Waals surface area contributed by atoms with Gasteiger partial charge in [-0.3, -0.25) is 4.79 Å². The molecule has 1 aliphatic rings. The molecule has 1 fully saturated rings. The maximum Gasteiger partial charge on any atom is 0.306 e. The molecule has 3 nitrogen and oxygen atoms in total. The number of anilines is 1. The molecule has 1 unspecified atom stereocenters. The first-order chi connectivity index (χ1) is 9.97. The number of carboxylic acid groups (broad SMARTS) is 1. The van der Waals surface area contributed by atoms with Gasteiger partial charge in [-0.2, -0.15) is 0 Å². The Labute approximate surface area is 153 Å². The van der Waals surface area contributed by atoms with Crippen molar-refractivity contribution in [2.75, 3.05) is 5.73 Å². The van der Waals surface area contributed by atoms with Crippen molar-refractivity contribution in [3.05, 3.63) is 24.8 Å². The summed E-state index contributed by atoms with van der Waals surface area (Å²) in [7, 11) is 0. The van der Waals surface area contributed by atoms with Gasteiger partial charge in [-0.1, -0.05) is 32.1 Å². The van der Waals surface area contributed by atoms with E-state index in [1.807, 2.05) is 12.1 Å². The Balaban J connectivity index is 2.07. The molecule has 5 heteroatoms. The van der Waals surface area contributed by atoms with Crippen molar-refractivity contribution in [3.63, 3.8) is 0 Å². The van der Waals surface area contributed by atoms with E-state index in [-0.39, 0.29) is 5.92 Å². The second kappa shape index (κ2) is 7.99. The van der Waals surface area contributed by atoms with Crippen LogP contribution in [0, 0.1) is 19.0 Å². The molecule has 0 saturated heterocycles. The van der Waals surface area contributed by atoms with E-state index in [0.717, 1.165) is 24.8 Å². The highest BCUT2D eigenvalue weighted by Crippen LogP contribution is 2.31. The number of hydrogen-bond donors (Lipinski definition) is 2. The van der Waals surface area contributed by atoms with Gasteiger partial charge in [0.15, 0.2) is 0 Å². The second-order valence-electron chi connectivity index (χ2n) is 5.95. The molecule has 21 heavy (non-hydrogen) atoms. The maximum absolute atomic E-state index is 11.6. The van der Waals surface area contributed by atoms with Crippen LogP contribution >= 0.6 is 45.2 Å². The highest BCUT2D eigenvalue weighted by molar-refractivity contribution is 14.1. The number of halogens is 2. The Bertz CT molecular complexity index is 490. The van der Waals surface area contributed by atoms with E-state index in [0.29, 0.717) is 12.3 Å². The van der Waals surface area contributed by atoms with Gasteiger partial charge in [0.25, 0.3) is 0 Å². The first-order valence-corrected chi connectivity index (χ1v) is 9.59. The quantitative estimate of drug-likeness (QED) is 0.444. The predicted molar refractivity (Wildman–Crippen MR) is 102 cm³/mol. The van der Waals surface area contributed by atoms with Crippen LogP contribution in [0.2, 0.25) is 0 Å². The number of nitrogen functional groups attached to an aromatic ring is 1. The van der Waals surface area contributed by atoms with Gasteiger partial charge in [0.1, 0.15) is 0 Å². The summed E-state index contributed by atoms with van der Waals surface area (Å²) in [5, 5.41) is 9.53. The Morgan fingerprint density at radius 1 is 1.24 bits per heavy atom. The van der Waals surface area contributed by atoms with Crippen LogP contribution in [0.3, 0.4) is 0 Å². The zero-order valence-corrected chi connectivity index (χ0v) is 16.3. The molecule has 1 saturated carbocycles. The monoisotopic (exact) mass is 513 g/mol. The van der Waals surface area contributed by atoms with Gasteiger partial charge in [-0.25, -0.2) is 0 Å². The Kier molecular flexibility index (Phi) is 6.58. The van der Waals surface area contributed by atoms with E-state index in [1.54, 1.807) is 0 Å². The largest absolute Gasteiger partial charge is 0.481 e. The molecule has 3 N–H and O–H groups in total. The van der Waals surface area contributed by atoms with Crippen LogP contribution in [0.1, 0.15) is 44.1 Å². The first kappa shape index (κ1) is 17.3. The topological polar surface area (TPSA) is 63.3 Å². The van der Waals surface area contributed by atoms with Gasteiger partial charge in [-0.15, -0.1) is 0 Å². The van der Waals surface area contributed by atoms with Gasteiger partial charge in [-0.05, 0) is 81.6 Å². The molecular weight excluding hydrogens is 492 g/mol. The molecule has 1 aliphatic carbocycles. The van der Waals surface area contributed by atoms with Crippen molar-refractivity contribution in [1.29, 1.82) is 0 Å². The summed E-state index contributed by atoms with van der Waals surface area (Å²) in [5.41, 5.74) is 7.83. The van der Waals surface area contributed by atoms with Gasteiger partial charge in [0.2, 0.25) is 0 Å². The number of carboxylic acids is 1. The summed E-state index contributed by atoms with van der Waals surface area (Å²) in [6.45, 7) is 0. The summed E-state index contributed by atoms with van der Waals surface area (Å²) in [6.07, 6.45) is 7.64. The summed E-state index contributed by atoms with van der Waals surface area (Å²) in [4.78, 5) is 11.6. The minimum atomic E-state index is -0.664. The molecule has 0 bridgehead atoms. The van der Waals surface area contributed by atoms with Crippen molar-refractivity contribution in [3.8, 4) is 0 Å². The SMILES string of the molecule is Nc1c(I)cc(CC(CC2CCCCC2)C(=O)O)cc1I. The van der Waals surface area contributed by atoms with Crippen LogP contribution in [-0.4, -0.2) is 11.1 Å². The van der Waals surface area contributed by atoms with Crippen LogP contribution in [-0.2, 0) is 11.2 Å². The fraction of sp³-hybridized carbons (Fsp3) is 0.562. The Hall–Kier alpha value is -0.0500. The number of nitrogens with two attached hydrogens (primary N) is 1. The minimum Gasteiger partial charge on any atom is -0.481 e. The summed E-state index contributed by atoms with van der Waals surface area (Å²) >= 11 is 4.44. The number of carbonyl (C=O) groups is 1. The third-order valence-electron chi connectivity index (χ3n) is 4.31. The summed E-state index contributed by atoms with van der Waals surface area (Å²) < 4.78 is 2.02. The van der Waals surface area contributed by atoms with Crippen molar-refractivity contribution >= 4 is 56.8 Å². The highest BCUT2D eigenvalue weighted by Gasteiger charge is 2.24. The van der Waals surface area contributed by atoms with E-state index >= 15 is 0 Å². The lowest BCUT2D eigenvalue weighted by molar-refractivity contribution is -0.142. The summed E-state index contributed by atoms with van der Waals surface area (Å²) in [6, 6.07) is 4.05. The van der Waals surface area contributed by atoms with Crippen molar-refractivity contribution < 1.29 is 9.90 Å². The molecule has 0 aliphatic heterocycles. The fourth-order valence-corrected chi connectivity index (χ4v) is 5.03. The van der Waals surface area contributed by atoms with Gasteiger partial charge >= 0.3 is 5.97 Å². The zero-order chi connectivity index (χ0) is 15.4. The van der Waals surface area contributed by atoms with Crippen LogP contribution in [0.4, 0.5) is 5.69 Å². The van der Waals surface area contributed by atoms with Gasteiger partial charge in [0, 0.05) is 7.14 Å². The van der Waals surface area contributed by atoms with Crippen LogP contribution in [0.5, 0.6) is 0 Å². The third kappa shape index (κ3) is 4.97. The molecule has 0 radical (unpaired) electrons. The molecule has 1 aromatic rings. The van der Waals surface area contributed by atoms with Crippen LogP contribution in [0.25, 0.3) is 0 Å². The third-order valence-corrected chi connectivity index (χ3v) is 6.10. The molecule has 2 rings (SSSR count). The van der Waals surface area contributed by atoms with E-state index in [2.05, 4.69) is 45.2 Å². The average molecular weight is 513 g/mol. The minimum absolute atomic E-state index is 0.275. The van der Waals surface area contributed by atoms with E-state index < -0.39 is 5.97 Å². The molecule has 0 amide bonds. The molecule has 1 aromatic carbocycles. The Morgan fingerprint density at radius 2 is 1.81 bits per heavy atom. The van der Waals surface area contributed by atoms with Crippen molar-refractivity contribution in [2.45, 2.75) is 44.9 Å². The molecule has 0 aromatic heterocycles. The smallest absolute Gasteiger partial charge is 0.306 e. The highest BCUT2D eigenvalue weighted by atomic mass is 127. The normalized spacial score (nSPS) is 17.6. The maximum atomic E-state index is 11.6. The van der Waals surface area contributed by atoms with Gasteiger partial charge in [0.05, 0.1) is 11.6 Å². The number of hydrogen-bond acceptors (Lipinski definition) is 2. The Morgan fingerprint density at radius 3 is 2.33 bits per heavy atom. The van der Waals surface area contributed by atoms with Gasteiger partial charge < -0.3 is 10.8 Å². The molecule has 0 spiro atoms. The number of rotatable bonds is 5. The van der Waals surface area contributed by atoms with Crippen LogP contribution in [0.15, 0.2) is 12.1 Å².